The standard InChI is InChI=1S/C13H18F3N3O3S/c1-10-2-3-12(18-17-10)22-9-11-4-6-19(8-11)23(20,21)7-5-13(14,15)16/h2-3,11H,4-9H2,1H3. The van der Waals surface area contributed by atoms with E-state index in [4.69, 9.17) is 4.74 Å². The molecule has 0 saturated carbocycles. The minimum atomic E-state index is -4.47. The van der Waals surface area contributed by atoms with Gasteiger partial charge in [0.2, 0.25) is 15.9 Å². The first kappa shape index (κ1) is 17.9. The Labute approximate surface area is 132 Å². The van der Waals surface area contributed by atoms with E-state index in [0.29, 0.717) is 12.3 Å². The molecule has 0 aromatic carbocycles. The van der Waals surface area contributed by atoms with E-state index in [2.05, 4.69) is 10.2 Å². The van der Waals surface area contributed by atoms with Gasteiger partial charge in [0.15, 0.2) is 0 Å². The van der Waals surface area contributed by atoms with E-state index in [0.717, 1.165) is 10.00 Å². The Balaban J connectivity index is 1.82. The van der Waals surface area contributed by atoms with E-state index in [-0.39, 0.29) is 25.6 Å². The summed E-state index contributed by atoms with van der Waals surface area (Å²) in [7, 11) is -3.88. The van der Waals surface area contributed by atoms with Crippen molar-refractivity contribution < 1.29 is 26.3 Å². The van der Waals surface area contributed by atoms with Crippen LogP contribution in [0.4, 0.5) is 13.2 Å². The van der Waals surface area contributed by atoms with Gasteiger partial charge in [0.1, 0.15) is 0 Å². The van der Waals surface area contributed by atoms with Crippen molar-refractivity contribution in [3.63, 3.8) is 0 Å². The largest absolute Gasteiger partial charge is 0.476 e. The molecule has 1 saturated heterocycles. The summed E-state index contributed by atoms with van der Waals surface area (Å²) < 4.78 is 66.9. The van der Waals surface area contributed by atoms with Crippen molar-refractivity contribution >= 4 is 10.0 Å². The molecule has 0 aliphatic carbocycles. The Hall–Kier alpha value is -1.42. The fourth-order valence-corrected chi connectivity index (χ4v) is 3.80. The number of alkyl halides is 3. The molecule has 6 nitrogen and oxygen atoms in total. The number of hydrogen-bond donors (Lipinski definition) is 0. The normalized spacial score (nSPS) is 19.9. The van der Waals surface area contributed by atoms with Gasteiger partial charge >= 0.3 is 6.18 Å². The summed E-state index contributed by atoms with van der Waals surface area (Å²) in [4.78, 5) is 0. The lowest BCUT2D eigenvalue weighted by Crippen LogP contribution is -2.33. The lowest BCUT2D eigenvalue weighted by Gasteiger charge is -2.17. The first-order chi connectivity index (χ1) is 10.7. The smallest absolute Gasteiger partial charge is 0.390 e. The molecule has 0 N–H and O–H groups in total. The quantitative estimate of drug-likeness (QED) is 0.779. The number of sulfonamides is 1. The molecule has 0 radical (unpaired) electrons. The highest BCUT2D eigenvalue weighted by Gasteiger charge is 2.35. The van der Waals surface area contributed by atoms with Crippen molar-refractivity contribution in [2.45, 2.75) is 25.9 Å². The van der Waals surface area contributed by atoms with E-state index >= 15 is 0 Å². The summed E-state index contributed by atoms with van der Waals surface area (Å²) in [6.07, 6.45) is -5.25. The van der Waals surface area contributed by atoms with Gasteiger partial charge in [-0.25, -0.2) is 12.7 Å². The fraction of sp³-hybridized carbons (Fsp3) is 0.692. The highest BCUT2D eigenvalue weighted by atomic mass is 32.2. The second-order valence-electron chi connectivity index (χ2n) is 5.52. The minimum absolute atomic E-state index is 0.0706. The predicted octanol–water partition coefficient (Wildman–Crippen LogP) is 1.77. The molecule has 1 atom stereocenters. The van der Waals surface area contributed by atoms with Crippen LogP contribution in [0.3, 0.4) is 0 Å². The van der Waals surface area contributed by atoms with Gasteiger partial charge in [-0.2, -0.15) is 18.3 Å². The van der Waals surface area contributed by atoms with Gasteiger partial charge in [0.25, 0.3) is 0 Å². The third-order valence-electron chi connectivity index (χ3n) is 3.53. The predicted molar refractivity (Wildman–Crippen MR) is 76.4 cm³/mol. The number of halogens is 3. The van der Waals surface area contributed by atoms with Crippen molar-refractivity contribution in [1.82, 2.24) is 14.5 Å². The van der Waals surface area contributed by atoms with Crippen LogP contribution < -0.4 is 4.74 Å². The summed E-state index contributed by atoms with van der Waals surface area (Å²) in [6.45, 7) is 2.42. The summed E-state index contributed by atoms with van der Waals surface area (Å²) in [5.74, 6) is -0.638. The second kappa shape index (κ2) is 7.00. The number of nitrogens with zero attached hydrogens (tertiary/aromatic N) is 3. The fourth-order valence-electron chi connectivity index (χ4n) is 2.23. The molecule has 1 aliphatic rings. The average Bonchev–Trinajstić information content (AvgIpc) is 2.94. The summed E-state index contributed by atoms with van der Waals surface area (Å²) in [6, 6.07) is 3.40. The van der Waals surface area contributed by atoms with Crippen LogP contribution in [0.25, 0.3) is 0 Å². The summed E-state index contributed by atoms with van der Waals surface area (Å²) in [5, 5.41) is 7.67. The van der Waals surface area contributed by atoms with Gasteiger partial charge in [-0.3, -0.25) is 0 Å². The maximum Gasteiger partial charge on any atom is 0.390 e. The first-order valence-corrected chi connectivity index (χ1v) is 8.74. The lowest BCUT2D eigenvalue weighted by atomic mass is 10.1. The Kier molecular flexibility index (Phi) is 5.45. The number of aromatic nitrogens is 2. The molecular weight excluding hydrogens is 335 g/mol. The van der Waals surface area contributed by atoms with Gasteiger partial charge < -0.3 is 4.74 Å². The monoisotopic (exact) mass is 353 g/mol. The Bertz CT molecular complexity index is 620. The van der Waals surface area contributed by atoms with Crippen LogP contribution >= 0.6 is 0 Å². The molecule has 1 unspecified atom stereocenters. The number of rotatable bonds is 6. The molecule has 2 heterocycles. The SMILES string of the molecule is Cc1ccc(OCC2CCN(S(=O)(=O)CCC(F)(F)F)C2)nn1. The molecule has 1 aromatic heterocycles. The second-order valence-corrected chi connectivity index (χ2v) is 7.61. The van der Waals surface area contributed by atoms with E-state index in [9.17, 15) is 21.6 Å². The number of hydrogen-bond acceptors (Lipinski definition) is 5. The van der Waals surface area contributed by atoms with E-state index in [1.807, 2.05) is 0 Å². The van der Waals surface area contributed by atoms with Gasteiger partial charge in [-0.1, -0.05) is 0 Å². The topological polar surface area (TPSA) is 72.4 Å². The van der Waals surface area contributed by atoms with Crippen molar-refractivity contribution in [3.8, 4) is 5.88 Å². The highest BCUT2D eigenvalue weighted by Crippen LogP contribution is 2.25. The van der Waals surface area contributed by atoms with Gasteiger partial charge in [-0.15, -0.1) is 5.10 Å². The lowest BCUT2D eigenvalue weighted by molar-refractivity contribution is -0.130. The summed E-state index contributed by atoms with van der Waals surface area (Å²) in [5.41, 5.74) is 0.750. The Morgan fingerprint density at radius 1 is 1.35 bits per heavy atom. The minimum Gasteiger partial charge on any atom is -0.476 e. The molecule has 0 amide bonds. The van der Waals surface area contributed by atoms with Crippen LogP contribution in [0.2, 0.25) is 0 Å². The average molecular weight is 353 g/mol. The molecule has 2 rings (SSSR count). The van der Waals surface area contributed by atoms with Crippen molar-refractivity contribution in [2.24, 2.45) is 5.92 Å². The molecule has 130 valence electrons. The molecular formula is C13H18F3N3O3S. The van der Waals surface area contributed by atoms with Crippen LogP contribution in [0, 0.1) is 12.8 Å². The zero-order chi connectivity index (χ0) is 17.1. The molecule has 0 spiro atoms. The van der Waals surface area contributed by atoms with E-state index in [1.54, 1.807) is 19.1 Å². The zero-order valence-corrected chi connectivity index (χ0v) is 13.4. The van der Waals surface area contributed by atoms with Crippen LogP contribution in [-0.4, -0.2) is 54.5 Å². The van der Waals surface area contributed by atoms with Crippen molar-refractivity contribution in [2.75, 3.05) is 25.4 Å². The van der Waals surface area contributed by atoms with Crippen LogP contribution in [0.15, 0.2) is 12.1 Å². The van der Waals surface area contributed by atoms with Crippen molar-refractivity contribution in [1.29, 1.82) is 0 Å². The highest BCUT2D eigenvalue weighted by molar-refractivity contribution is 7.89. The van der Waals surface area contributed by atoms with Crippen molar-refractivity contribution in [3.05, 3.63) is 17.8 Å². The van der Waals surface area contributed by atoms with E-state index < -0.39 is 28.4 Å². The van der Waals surface area contributed by atoms with Crippen LogP contribution in [0.1, 0.15) is 18.5 Å². The Morgan fingerprint density at radius 2 is 2.09 bits per heavy atom. The Morgan fingerprint density at radius 3 is 2.70 bits per heavy atom. The molecule has 1 fully saturated rings. The zero-order valence-electron chi connectivity index (χ0n) is 12.6. The number of aryl methyl sites for hydroxylation is 1. The summed E-state index contributed by atoms with van der Waals surface area (Å²) >= 11 is 0. The van der Waals surface area contributed by atoms with Gasteiger partial charge in [0, 0.05) is 25.1 Å². The molecule has 23 heavy (non-hydrogen) atoms. The van der Waals surface area contributed by atoms with Crippen LogP contribution in [-0.2, 0) is 10.0 Å². The molecule has 1 aliphatic heterocycles. The van der Waals surface area contributed by atoms with Gasteiger partial charge in [-0.05, 0) is 19.4 Å². The maximum atomic E-state index is 12.2. The third-order valence-corrected chi connectivity index (χ3v) is 5.36. The third kappa shape index (κ3) is 5.61. The van der Waals surface area contributed by atoms with Crippen LogP contribution in [0.5, 0.6) is 5.88 Å². The van der Waals surface area contributed by atoms with E-state index in [1.165, 1.54) is 0 Å². The van der Waals surface area contributed by atoms with Gasteiger partial charge in [0.05, 0.1) is 24.5 Å². The molecule has 0 bridgehead atoms. The first-order valence-electron chi connectivity index (χ1n) is 7.13. The maximum absolute atomic E-state index is 12.2. The molecule has 1 aromatic rings. The molecule has 10 heteroatoms. The number of ether oxygens (including phenoxy) is 1.